The first-order valence-electron chi connectivity index (χ1n) is 5.41. The lowest BCUT2D eigenvalue weighted by atomic mass is 9.94. The molecule has 2 heteroatoms. The Hall–Kier alpha value is -1.44. The van der Waals surface area contributed by atoms with Gasteiger partial charge in [0.2, 0.25) is 0 Å². The zero-order chi connectivity index (χ0) is 11.7. The molecule has 0 amide bonds. The fourth-order valence-corrected chi connectivity index (χ4v) is 2.02. The molecule has 0 saturated carbocycles. The predicted octanol–water partition coefficient (Wildman–Crippen LogP) is 4.47. The lowest BCUT2D eigenvalue weighted by Crippen LogP contribution is -1.95. The Labute approximate surface area is 94.3 Å². The summed E-state index contributed by atoms with van der Waals surface area (Å²) >= 11 is 0. The van der Waals surface area contributed by atoms with E-state index in [-0.39, 0.29) is 11.6 Å². The standard InChI is InChI=1S/C14H14F2/c1-9-6-12(7-10(2)14(9)16)11-4-3-5-13(15)8-11/h5-8H,3-4H2,1-2H3. The van der Waals surface area contributed by atoms with Crippen molar-refractivity contribution in [2.45, 2.75) is 26.7 Å². The molecule has 84 valence electrons. The van der Waals surface area contributed by atoms with Crippen LogP contribution in [0.25, 0.3) is 5.57 Å². The zero-order valence-electron chi connectivity index (χ0n) is 9.48. The van der Waals surface area contributed by atoms with Gasteiger partial charge < -0.3 is 0 Å². The topological polar surface area (TPSA) is 0 Å². The van der Waals surface area contributed by atoms with Crippen molar-refractivity contribution < 1.29 is 8.78 Å². The molecule has 0 heterocycles. The molecule has 0 bridgehead atoms. The number of hydrogen-bond donors (Lipinski definition) is 0. The van der Waals surface area contributed by atoms with E-state index >= 15 is 0 Å². The first-order valence-corrected chi connectivity index (χ1v) is 5.41. The van der Waals surface area contributed by atoms with E-state index in [2.05, 4.69) is 0 Å². The number of benzene rings is 1. The summed E-state index contributed by atoms with van der Waals surface area (Å²) < 4.78 is 26.6. The van der Waals surface area contributed by atoms with E-state index in [4.69, 9.17) is 0 Å². The van der Waals surface area contributed by atoms with E-state index in [0.29, 0.717) is 17.5 Å². The molecule has 0 atom stereocenters. The van der Waals surface area contributed by atoms with Gasteiger partial charge in [-0.25, -0.2) is 8.78 Å². The van der Waals surface area contributed by atoms with Crippen LogP contribution in [-0.4, -0.2) is 0 Å². The Kier molecular flexibility index (Phi) is 2.90. The van der Waals surface area contributed by atoms with Crippen molar-refractivity contribution in [3.63, 3.8) is 0 Å². The molecule has 0 nitrogen and oxygen atoms in total. The highest BCUT2D eigenvalue weighted by molar-refractivity contribution is 5.70. The smallest absolute Gasteiger partial charge is 0.129 e. The summed E-state index contributed by atoms with van der Waals surface area (Å²) in [5.41, 5.74) is 3.11. The van der Waals surface area contributed by atoms with Crippen LogP contribution in [0.2, 0.25) is 0 Å². The summed E-state index contributed by atoms with van der Waals surface area (Å²) in [7, 11) is 0. The van der Waals surface area contributed by atoms with Crippen LogP contribution in [0.3, 0.4) is 0 Å². The van der Waals surface area contributed by atoms with Crippen LogP contribution in [0.15, 0.2) is 30.1 Å². The summed E-state index contributed by atoms with van der Waals surface area (Å²) in [4.78, 5) is 0. The molecule has 1 aliphatic rings. The summed E-state index contributed by atoms with van der Waals surface area (Å²) in [6, 6.07) is 3.57. The first kappa shape index (κ1) is 11.1. The van der Waals surface area contributed by atoms with Crippen molar-refractivity contribution in [1.29, 1.82) is 0 Å². The molecular weight excluding hydrogens is 206 g/mol. The monoisotopic (exact) mass is 220 g/mol. The molecule has 0 spiro atoms. The summed E-state index contributed by atoms with van der Waals surface area (Å²) in [5, 5.41) is 0. The normalized spacial score (nSPS) is 15.8. The average molecular weight is 220 g/mol. The third kappa shape index (κ3) is 2.06. The SMILES string of the molecule is Cc1cc(C2=CC(F)=CCC2)cc(C)c1F. The van der Waals surface area contributed by atoms with Crippen LogP contribution in [-0.2, 0) is 0 Å². The second kappa shape index (κ2) is 4.20. The Morgan fingerprint density at radius 3 is 2.25 bits per heavy atom. The van der Waals surface area contributed by atoms with Gasteiger partial charge >= 0.3 is 0 Å². The van der Waals surface area contributed by atoms with Gasteiger partial charge in [0.15, 0.2) is 0 Å². The van der Waals surface area contributed by atoms with Gasteiger partial charge in [-0.05, 0) is 73.2 Å². The second-order valence-corrected chi connectivity index (χ2v) is 4.22. The Morgan fingerprint density at radius 2 is 1.69 bits per heavy atom. The third-order valence-corrected chi connectivity index (χ3v) is 2.87. The van der Waals surface area contributed by atoms with Crippen LogP contribution in [0.4, 0.5) is 8.78 Å². The molecular formula is C14H14F2. The van der Waals surface area contributed by atoms with Gasteiger partial charge in [0.1, 0.15) is 11.6 Å². The Morgan fingerprint density at radius 1 is 1.06 bits per heavy atom. The van der Waals surface area contributed by atoms with E-state index in [9.17, 15) is 8.78 Å². The second-order valence-electron chi connectivity index (χ2n) is 4.22. The van der Waals surface area contributed by atoms with Crippen molar-refractivity contribution in [2.75, 3.05) is 0 Å². The number of rotatable bonds is 1. The lowest BCUT2D eigenvalue weighted by Gasteiger charge is -2.12. The minimum absolute atomic E-state index is 0.170. The molecule has 1 aromatic rings. The maximum Gasteiger partial charge on any atom is 0.129 e. The van der Waals surface area contributed by atoms with Crippen molar-refractivity contribution in [3.05, 3.63) is 52.6 Å². The fourth-order valence-electron chi connectivity index (χ4n) is 2.02. The maximum absolute atomic E-state index is 13.4. The number of aryl methyl sites for hydroxylation is 2. The average Bonchev–Trinajstić information content (AvgIpc) is 2.25. The van der Waals surface area contributed by atoms with Crippen molar-refractivity contribution in [1.82, 2.24) is 0 Å². The minimum Gasteiger partial charge on any atom is -0.207 e. The summed E-state index contributed by atoms with van der Waals surface area (Å²) in [6.45, 7) is 3.48. The zero-order valence-corrected chi connectivity index (χ0v) is 9.48. The number of halogens is 2. The largest absolute Gasteiger partial charge is 0.207 e. The van der Waals surface area contributed by atoms with Crippen molar-refractivity contribution >= 4 is 5.57 Å². The van der Waals surface area contributed by atoms with Gasteiger partial charge in [0.05, 0.1) is 0 Å². The molecule has 0 unspecified atom stereocenters. The highest BCUT2D eigenvalue weighted by atomic mass is 19.1. The molecule has 1 aromatic carbocycles. The fraction of sp³-hybridized carbons (Fsp3) is 0.286. The Bertz CT molecular complexity index is 459. The third-order valence-electron chi connectivity index (χ3n) is 2.87. The van der Waals surface area contributed by atoms with Crippen LogP contribution in [0.5, 0.6) is 0 Å². The highest BCUT2D eigenvalue weighted by Crippen LogP contribution is 2.29. The Balaban J connectivity index is 2.46. The molecule has 0 aliphatic heterocycles. The van der Waals surface area contributed by atoms with E-state index in [0.717, 1.165) is 17.6 Å². The molecule has 2 rings (SSSR count). The van der Waals surface area contributed by atoms with Crippen LogP contribution in [0.1, 0.15) is 29.5 Å². The predicted molar refractivity (Wildman–Crippen MR) is 62.3 cm³/mol. The van der Waals surface area contributed by atoms with E-state index in [1.165, 1.54) is 6.08 Å². The van der Waals surface area contributed by atoms with Gasteiger partial charge in [-0.2, -0.15) is 0 Å². The maximum atomic E-state index is 13.4. The van der Waals surface area contributed by atoms with E-state index in [1.807, 2.05) is 0 Å². The molecule has 16 heavy (non-hydrogen) atoms. The van der Waals surface area contributed by atoms with Crippen LogP contribution < -0.4 is 0 Å². The highest BCUT2D eigenvalue weighted by Gasteiger charge is 2.10. The summed E-state index contributed by atoms with van der Waals surface area (Å²) in [5.74, 6) is -0.364. The minimum atomic E-state index is -0.194. The first-order chi connectivity index (χ1) is 7.58. The molecule has 1 aliphatic carbocycles. The molecule has 0 radical (unpaired) electrons. The number of allylic oxidation sites excluding steroid dienone is 4. The van der Waals surface area contributed by atoms with E-state index in [1.54, 1.807) is 32.1 Å². The van der Waals surface area contributed by atoms with Gasteiger partial charge in [-0.15, -0.1) is 0 Å². The quantitative estimate of drug-likeness (QED) is 0.654. The molecule has 0 fully saturated rings. The summed E-state index contributed by atoms with van der Waals surface area (Å²) in [6.07, 6.45) is 4.65. The van der Waals surface area contributed by atoms with E-state index < -0.39 is 0 Å². The number of hydrogen-bond acceptors (Lipinski definition) is 0. The molecule has 0 aromatic heterocycles. The van der Waals surface area contributed by atoms with Crippen LogP contribution >= 0.6 is 0 Å². The van der Waals surface area contributed by atoms with Gasteiger partial charge in [-0.3, -0.25) is 0 Å². The van der Waals surface area contributed by atoms with Crippen LogP contribution in [0, 0.1) is 19.7 Å². The van der Waals surface area contributed by atoms with Gasteiger partial charge in [0, 0.05) is 0 Å². The molecule has 0 saturated heterocycles. The van der Waals surface area contributed by atoms with Gasteiger partial charge in [-0.1, -0.05) is 0 Å². The molecule has 0 N–H and O–H groups in total. The van der Waals surface area contributed by atoms with Crippen molar-refractivity contribution in [3.8, 4) is 0 Å². The van der Waals surface area contributed by atoms with Gasteiger partial charge in [0.25, 0.3) is 0 Å². The van der Waals surface area contributed by atoms with Crippen molar-refractivity contribution in [2.24, 2.45) is 0 Å². The lowest BCUT2D eigenvalue weighted by molar-refractivity contribution is 0.609.